The average Bonchev–Trinajstić information content (AvgIpc) is 2.72. The van der Waals surface area contributed by atoms with Gasteiger partial charge in [0.1, 0.15) is 0 Å². The van der Waals surface area contributed by atoms with Crippen LogP contribution in [-0.4, -0.2) is 21.2 Å². The van der Waals surface area contributed by atoms with Crippen LogP contribution in [-0.2, 0) is 6.54 Å². The van der Waals surface area contributed by atoms with Crippen LogP contribution < -0.4 is 5.73 Å². The molecule has 0 aliphatic heterocycles. The highest BCUT2D eigenvalue weighted by molar-refractivity contribution is 5.67. The molecule has 0 saturated heterocycles. The van der Waals surface area contributed by atoms with Crippen molar-refractivity contribution in [2.75, 3.05) is 6.54 Å². The fraction of sp³-hybridized carbons (Fsp3) is 0.250. The van der Waals surface area contributed by atoms with Crippen LogP contribution in [0.25, 0.3) is 11.1 Å². The minimum absolute atomic E-state index is 0.0819. The largest absolute Gasteiger partial charge is 0.329 e. The molecule has 1 aromatic carbocycles. The molecular formula is C12H14N4O2. The summed E-state index contributed by atoms with van der Waals surface area (Å²) in [6.45, 7) is 3.08. The Kier molecular flexibility index (Phi) is 3.38. The highest BCUT2D eigenvalue weighted by Crippen LogP contribution is 2.26. The number of aromatic nitrogens is 2. The number of nitro groups is 1. The van der Waals surface area contributed by atoms with Crippen molar-refractivity contribution < 1.29 is 4.92 Å². The van der Waals surface area contributed by atoms with Crippen molar-refractivity contribution in [3.05, 3.63) is 46.3 Å². The fourth-order valence-electron chi connectivity index (χ4n) is 1.86. The number of nitro benzene ring substituents is 1. The van der Waals surface area contributed by atoms with E-state index < -0.39 is 4.92 Å². The van der Waals surface area contributed by atoms with Gasteiger partial charge in [0.25, 0.3) is 5.69 Å². The zero-order valence-electron chi connectivity index (χ0n) is 10.0. The first kappa shape index (κ1) is 12.3. The third kappa shape index (κ3) is 2.23. The Bertz CT molecular complexity index is 577. The summed E-state index contributed by atoms with van der Waals surface area (Å²) in [6, 6.07) is 6.54. The highest BCUT2D eigenvalue weighted by atomic mass is 16.6. The van der Waals surface area contributed by atoms with Gasteiger partial charge in [-0.2, -0.15) is 5.10 Å². The van der Waals surface area contributed by atoms with Gasteiger partial charge in [0.15, 0.2) is 0 Å². The molecule has 18 heavy (non-hydrogen) atoms. The van der Waals surface area contributed by atoms with E-state index >= 15 is 0 Å². The summed E-state index contributed by atoms with van der Waals surface area (Å²) >= 11 is 0. The van der Waals surface area contributed by atoms with Gasteiger partial charge < -0.3 is 5.73 Å². The quantitative estimate of drug-likeness (QED) is 0.657. The van der Waals surface area contributed by atoms with E-state index in [2.05, 4.69) is 5.10 Å². The van der Waals surface area contributed by atoms with Gasteiger partial charge in [-0.3, -0.25) is 14.8 Å². The maximum absolute atomic E-state index is 10.7. The minimum atomic E-state index is -0.400. The van der Waals surface area contributed by atoms with Crippen molar-refractivity contribution in [1.29, 1.82) is 0 Å². The Morgan fingerprint density at radius 3 is 2.94 bits per heavy atom. The van der Waals surface area contributed by atoms with Crippen molar-refractivity contribution >= 4 is 5.69 Å². The first-order valence-electron chi connectivity index (χ1n) is 5.61. The van der Waals surface area contributed by atoms with Crippen LogP contribution in [0.2, 0.25) is 0 Å². The van der Waals surface area contributed by atoms with Crippen LogP contribution in [0.4, 0.5) is 5.69 Å². The average molecular weight is 246 g/mol. The molecule has 0 spiro atoms. The topological polar surface area (TPSA) is 87.0 Å². The van der Waals surface area contributed by atoms with E-state index in [1.807, 2.05) is 13.0 Å². The SMILES string of the molecule is Cc1c(-c2cccc([N+](=O)[O-])c2)cnn1CCN. The van der Waals surface area contributed by atoms with Gasteiger partial charge in [-0.1, -0.05) is 12.1 Å². The van der Waals surface area contributed by atoms with Crippen molar-refractivity contribution in [1.82, 2.24) is 9.78 Å². The van der Waals surface area contributed by atoms with Crippen LogP contribution in [0.5, 0.6) is 0 Å². The number of benzene rings is 1. The second-order valence-corrected chi connectivity index (χ2v) is 3.96. The standard InChI is InChI=1S/C12H14N4O2/c1-9-12(8-14-15(9)6-5-13)10-3-2-4-11(7-10)16(17)18/h2-4,7-8H,5-6,13H2,1H3. The van der Waals surface area contributed by atoms with Crippen LogP contribution in [0.1, 0.15) is 5.69 Å². The van der Waals surface area contributed by atoms with E-state index in [9.17, 15) is 10.1 Å². The Balaban J connectivity index is 2.42. The fourth-order valence-corrected chi connectivity index (χ4v) is 1.86. The van der Waals surface area contributed by atoms with Crippen molar-refractivity contribution in [3.8, 4) is 11.1 Å². The van der Waals surface area contributed by atoms with E-state index in [4.69, 9.17) is 5.73 Å². The Labute approximate surface area is 104 Å². The van der Waals surface area contributed by atoms with E-state index in [1.165, 1.54) is 6.07 Å². The molecule has 0 saturated carbocycles. The van der Waals surface area contributed by atoms with Gasteiger partial charge in [0, 0.05) is 29.9 Å². The summed E-state index contributed by atoms with van der Waals surface area (Å²) in [5.74, 6) is 0. The number of nitrogens with zero attached hydrogens (tertiary/aromatic N) is 3. The first-order valence-corrected chi connectivity index (χ1v) is 5.61. The molecule has 0 bridgehead atoms. The normalized spacial score (nSPS) is 10.6. The van der Waals surface area contributed by atoms with E-state index in [0.717, 1.165) is 16.8 Å². The summed E-state index contributed by atoms with van der Waals surface area (Å²) in [5.41, 5.74) is 8.22. The number of hydrogen-bond acceptors (Lipinski definition) is 4. The van der Waals surface area contributed by atoms with Crippen LogP contribution in [0, 0.1) is 17.0 Å². The predicted octanol–water partition coefficient (Wildman–Crippen LogP) is 1.73. The highest BCUT2D eigenvalue weighted by Gasteiger charge is 2.11. The lowest BCUT2D eigenvalue weighted by atomic mass is 10.1. The molecule has 0 fully saturated rings. The molecule has 0 atom stereocenters. The number of rotatable bonds is 4. The summed E-state index contributed by atoms with van der Waals surface area (Å²) in [5, 5.41) is 15.0. The van der Waals surface area contributed by atoms with Gasteiger partial charge in [0.2, 0.25) is 0 Å². The Morgan fingerprint density at radius 1 is 1.50 bits per heavy atom. The molecule has 2 N–H and O–H groups in total. The van der Waals surface area contributed by atoms with E-state index in [0.29, 0.717) is 13.1 Å². The van der Waals surface area contributed by atoms with Crippen LogP contribution >= 0.6 is 0 Å². The summed E-state index contributed by atoms with van der Waals surface area (Å²) in [6.07, 6.45) is 1.71. The van der Waals surface area contributed by atoms with E-state index in [1.54, 1.807) is 23.0 Å². The monoisotopic (exact) mass is 246 g/mol. The maximum atomic E-state index is 10.7. The van der Waals surface area contributed by atoms with Gasteiger partial charge in [-0.15, -0.1) is 0 Å². The molecule has 0 radical (unpaired) electrons. The summed E-state index contributed by atoms with van der Waals surface area (Å²) in [4.78, 5) is 10.3. The summed E-state index contributed by atoms with van der Waals surface area (Å²) in [7, 11) is 0. The lowest BCUT2D eigenvalue weighted by Gasteiger charge is -2.03. The number of non-ortho nitro benzene ring substituents is 1. The molecule has 6 nitrogen and oxygen atoms in total. The van der Waals surface area contributed by atoms with Crippen LogP contribution in [0.3, 0.4) is 0 Å². The number of hydrogen-bond donors (Lipinski definition) is 1. The van der Waals surface area contributed by atoms with Gasteiger partial charge >= 0.3 is 0 Å². The molecule has 1 aromatic heterocycles. The lowest BCUT2D eigenvalue weighted by molar-refractivity contribution is -0.384. The molecule has 0 amide bonds. The molecule has 1 heterocycles. The van der Waals surface area contributed by atoms with Crippen molar-refractivity contribution in [2.24, 2.45) is 5.73 Å². The number of nitrogens with two attached hydrogens (primary N) is 1. The third-order valence-corrected chi connectivity index (χ3v) is 2.81. The maximum Gasteiger partial charge on any atom is 0.270 e. The van der Waals surface area contributed by atoms with Crippen molar-refractivity contribution in [3.63, 3.8) is 0 Å². The molecule has 2 aromatic rings. The lowest BCUT2D eigenvalue weighted by Crippen LogP contribution is -2.12. The summed E-state index contributed by atoms with van der Waals surface area (Å²) < 4.78 is 1.80. The van der Waals surface area contributed by atoms with Crippen LogP contribution in [0.15, 0.2) is 30.5 Å². The second kappa shape index (κ2) is 4.97. The van der Waals surface area contributed by atoms with Crippen molar-refractivity contribution in [2.45, 2.75) is 13.5 Å². The van der Waals surface area contributed by atoms with Gasteiger partial charge in [0.05, 0.1) is 17.7 Å². The molecule has 6 heteroatoms. The minimum Gasteiger partial charge on any atom is -0.329 e. The zero-order valence-corrected chi connectivity index (χ0v) is 10.0. The Morgan fingerprint density at radius 2 is 2.28 bits per heavy atom. The molecular weight excluding hydrogens is 232 g/mol. The van der Waals surface area contributed by atoms with E-state index in [-0.39, 0.29) is 5.69 Å². The molecule has 94 valence electrons. The third-order valence-electron chi connectivity index (χ3n) is 2.81. The molecule has 2 rings (SSSR count). The Hall–Kier alpha value is -2.21. The second-order valence-electron chi connectivity index (χ2n) is 3.96. The predicted molar refractivity (Wildman–Crippen MR) is 68.1 cm³/mol. The zero-order chi connectivity index (χ0) is 13.1. The van der Waals surface area contributed by atoms with Gasteiger partial charge in [-0.05, 0) is 12.5 Å². The first-order chi connectivity index (χ1) is 8.63. The molecule has 0 aliphatic carbocycles. The van der Waals surface area contributed by atoms with Gasteiger partial charge in [-0.25, -0.2) is 0 Å². The molecule has 0 unspecified atom stereocenters. The molecule has 0 aliphatic rings. The smallest absolute Gasteiger partial charge is 0.270 e.